The number of allylic oxidation sites excluding steroid dienone is 5. The number of benzene rings is 1. The summed E-state index contributed by atoms with van der Waals surface area (Å²) in [7, 11) is 0. The van der Waals surface area contributed by atoms with Crippen molar-refractivity contribution in [3.8, 4) is 0 Å². The average molecular weight is 408 g/mol. The van der Waals surface area contributed by atoms with Gasteiger partial charge in [0.2, 0.25) is 5.91 Å². The lowest BCUT2D eigenvalue weighted by Gasteiger charge is -2.48. The van der Waals surface area contributed by atoms with E-state index in [1.165, 1.54) is 5.56 Å². The van der Waals surface area contributed by atoms with Crippen LogP contribution in [0.25, 0.3) is 0 Å². The fraction of sp³-hybridized carbons (Fsp3) is 0.519. The highest BCUT2D eigenvalue weighted by Crippen LogP contribution is 2.48. The Morgan fingerprint density at radius 3 is 2.57 bits per heavy atom. The molecule has 1 fully saturated rings. The molecule has 0 heterocycles. The summed E-state index contributed by atoms with van der Waals surface area (Å²) in [5.41, 5.74) is 3.03. The van der Waals surface area contributed by atoms with E-state index < -0.39 is 0 Å². The van der Waals surface area contributed by atoms with E-state index in [2.05, 4.69) is 63.4 Å². The molecular formula is C27H37NO2. The van der Waals surface area contributed by atoms with Crippen molar-refractivity contribution in [1.29, 1.82) is 0 Å². The highest BCUT2D eigenvalue weighted by atomic mass is 16.3. The number of aryl methyl sites for hydroxylation is 1. The third kappa shape index (κ3) is 5.13. The summed E-state index contributed by atoms with van der Waals surface area (Å²) in [6, 6.07) is 8.21. The molecule has 0 spiro atoms. The number of rotatable bonds is 5. The molecule has 2 aliphatic carbocycles. The molecule has 2 aliphatic rings. The minimum atomic E-state index is -0.231. The number of carbonyl (C=O) groups excluding carboxylic acids is 1. The first-order valence-corrected chi connectivity index (χ1v) is 11.3. The summed E-state index contributed by atoms with van der Waals surface area (Å²) in [5, 5.41) is 13.6. The van der Waals surface area contributed by atoms with E-state index >= 15 is 0 Å². The third-order valence-corrected chi connectivity index (χ3v) is 7.19. The lowest BCUT2D eigenvalue weighted by atomic mass is 9.58. The van der Waals surface area contributed by atoms with Gasteiger partial charge in [-0.15, -0.1) is 0 Å². The van der Waals surface area contributed by atoms with Gasteiger partial charge in [0.05, 0.1) is 6.10 Å². The standard InChI is InChI=1S/C27H37NO2/c1-17-9-12-22(13-10-17)16-28-27(30)19(3)7-6-8-24-18(2)11-14-23-15-20(4)26(29)21(5)25(23)24/h6-14,18,20-21,23-26,29H,15-16H2,1-5H3,(H,28,30)/b8-6+,19-7+/t18-,20+,21-,23-,24-,25-,26-/m0/s1. The van der Waals surface area contributed by atoms with Crippen LogP contribution in [-0.4, -0.2) is 17.1 Å². The van der Waals surface area contributed by atoms with Gasteiger partial charge in [0.1, 0.15) is 0 Å². The van der Waals surface area contributed by atoms with Crippen LogP contribution in [0.15, 0.2) is 60.2 Å². The van der Waals surface area contributed by atoms with Crippen molar-refractivity contribution in [3.63, 3.8) is 0 Å². The van der Waals surface area contributed by atoms with Gasteiger partial charge in [0.15, 0.2) is 0 Å². The predicted molar refractivity (Wildman–Crippen MR) is 124 cm³/mol. The van der Waals surface area contributed by atoms with E-state index in [9.17, 15) is 9.90 Å². The molecule has 3 heteroatoms. The highest BCUT2D eigenvalue weighted by molar-refractivity contribution is 5.93. The van der Waals surface area contributed by atoms with Crippen LogP contribution in [0.5, 0.6) is 0 Å². The zero-order valence-corrected chi connectivity index (χ0v) is 19.0. The van der Waals surface area contributed by atoms with Crippen LogP contribution >= 0.6 is 0 Å². The molecule has 30 heavy (non-hydrogen) atoms. The number of hydrogen-bond acceptors (Lipinski definition) is 2. The fourth-order valence-corrected chi connectivity index (χ4v) is 5.24. The second kappa shape index (κ2) is 9.78. The number of aliphatic hydroxyl groups is 1. The van der Waals surface area contributed by atoms with E-state index in [0.717, 1.165) is 12.0 Å². The molecule has 3 rings (SSSR count). The van der Waals surface area contributed by atoms with E-state index in [4.69, 9.17) is 0 Å². The first-order valence-electron chi connectivity index (χ1n) is 11.3. The Labute approximate surface area is 182 Å². The lowest BCUT2D eigenvalue weighted by Crippen LogP contribution is -2.46. The molecule has 162 valence electrons. The zero-order chi connectivity index (χ0) is 21.8. The number of carbonyl (C=O) groups is 1. The predicted octanol–water partition coefficient (Wildman–Crippen LogP) is 5.21. The van der Waals surface area contributed by atoms with Gasteiger partial charge in [-0.2, -0.15) is 0 Å². The first kappa shape index (κ1) is 22.6. The average Bonchev–Trinajstić information content (AvgIpc) is 2.73. The smallest absolute Gasteiger partial charge is 0.247 e. The maximum atomic E-state index is 12.4. The molecule has 0 radical (unpaired) electrons. The minimum absolute atomic E-state index is 0.0371. The first-order chi connectivity index (χ1) is 14.3. The van der Waals surface area contributed by atoms with E-state index in [1.807, 2.05) is 31.2 Å². The number of nitrogens with one attached hydrogen (secondary N) is 1. The maximum Gasteiger partial charge on any atom is 0.247 e. The van der Waals surface area contributed by atoms with E-state index in [0.29, 0.717) is 41.7 Å². The van der Waals surface area contributed by atoms with Crippen molar-refractivity contribution in [1.82, 2.24) is 5.32 Å². The van der Waals surface area contributed by atoms with Gasteiger partial charge in [-0.1, -0.05) is 81.0 Å². The Bertz CT molecular complexity index is 820. The summed E-state index contributed by atoms with van der Waals surface area (Å²) in [6.07, 6.45) is 11.7. The van der Waals surface area contributed by atoms with Crippen LogP contribution in [0, 0.1) is 42.4 Å². The van der Waals surface area contributed by atoms with Gasteiger partial charge in [-0.3, -0.25) is 4.79 Å². The number of hydrogen-bond donors (Lipinski definition) is 2. The molecular weight excluding hydrogens is 370 g/mol. The van der Waals surface area contributed by atoms with Gasteiger partial charge >= 0.3 is 0 Å². The number of fused-ring (bicyclic) bond motifs is 1. The summed E-state index contributed by atoms with van der Waals surface area (Å²) in [6.45, 7) is 11.1. The molecule has 0 saturated heterocycles. The highest BCUT2D eigenvalue weighted by Gasteiger charge is 2.44. The number of amides is 1. The monoisotopic (exact) mass is 407 g/mol. The Morgan fingerprint density at radius 2 is 1.87 bits per heavy atom. The van der Waals surface area contributed by atoms with Crippen LogP contribution in [0.4, 0.5) is 0 Å². The van der Waals surface area contributed by atoms with Gasteiger partial charge in [0.25, 0.3) is 0 Å². The van der Waals surface area contributed by atoms with Gasteiger partial charge in [0, 0.05) is 12.1 Å². The largest absolute Gasteiger partial charge is 0.393 e. The second-order valence-corrected chi connectivity index (χ2v) is 9.53. The SMILES string of the molecule is C/C(=C\C=C\[C@@H]1[C@H]2[C@H](C)[C@@H](O)[C@H](C)C[C@@H]2C=C[C@@H]1C)C(=O)NCc1ccc(C)cc1. The third-order valence-electron chi connectivity index (χ3n) is 7.19. The van der Waals surface area contributed by atoms with Gasteiger partial charge in [-0.05, 0) is 61.3 Å². The Hall–Kier alpha value is -2.13. The fourth-order valence-electron chi connectivity index (χ4n) is 5.24. The normalized spacial score (nSPS) is 34.1. The Balaban J connectivity index is 1.63. The second-order valence-electron chi connectivity index (χ2n) is 9.53. The minimum Gasteiger partial charge on any atom is -0.393 e. The summed E-state index contributed by atoms with van der Waals surface area (Å²) in [5.74, 6) is 2.41. The van der Waals surface area contributed by atoms with Crippen LogP contribution in [0.2, 0.25) is 0 Å². The van der Waals surface area contributed by atoms with Gasteiger partial charge in [-0.25, -0.2) is 0 Å². The van der Waals surface area contributed by atoms with Crippen molar-refractivity contribution in [2.24, 2.45) is 35.5 Å². The van der Waals surface area contributed by atoms with E-state index in [1.54, 1.807) is 0 Å². The van der Waals surface area contributed by atoms with Crippen LogP contribution in [0.1, 0.15) is 45.2 Å². The van der Waals surface area contributed by atoms with Crippen LogP contribution in [-0.2, 0) is 11.3 Å². The summed E-state index contributed by atoms with van der Waals surface area (Å²) >= 11 is 0. The van der Waals surface area contributed by atoms with Gasteiger partial charge < -0.3 is 10.4 Å². The molecule has 1 amide bonds. The van der Waals surface area contributed by atoms with Crippen molar-refractivity contribution in [3.05, 3.63) is 71.3 Å². The molecule has 1 aromatic carbocycles. The zero-order valence-electron chi connectivity index (χ0n) is 19.0. The molecule has 3 nitrogen and oxygen atoms in total. The maximum absolute atomic E-state index is 12.4. The topological polar surface area (TPSA) is 49.3 Å². The quantitative estimate of drug-likeness (QED) is 0.400. The van der Waals surface area contributed by atoms with Crippen LogP contribution < -0.4 is 5.32 Å². The molecule has 0 unspecified atom stereocenters. The van der Waals surface area contributed by atoms with Crippen molar-refractivity contribution in [2.75, 3.05) is 0 Å². The number of aliphatic hydroxyl groups excluding tert-OH is 1. The molecule has 1 saturated carbocycles. The molecule has 1 aromatic rings. The Morgan fingerprint density at radius 1 is 1.17 bits per heavy atom. The molecule has 0 aromatic heterocycles. The van der Waals surface area contributed by atoms with Crippen LogP contribution in [0.3, 0.4) is 0 Å². The summed E-state index contributed by atoms with van der Waals surface area (Å²) in [4.78, 5) is 12.4. The van der Waals surface area contributed by atoms with Crippen molar-refractivity contribution < 1.29 is 9.90 Å². The lowest BCUT2D eigenvalue weighted by molar-refractivity contribution is -0.117. The van der Waals surface area contributed by atoms with Crippen molar-refractivity contribution in [2.45, 2.75) is 53.7 Å². The van der Waals surface area contributed by atoms with E-state index in [-0.39, 0.29) is 17.9 Å². The molecule has 7 atom stereocenters. The molecule has 2 N–H and O–H groups in total. The van der Waals surface area contributed by atoms with Crippen molar-refractivity contribution >= 4 is 5.91 Å². The molecule has 0 bridgehead atoms. The Kier molecular flexibility index (Phi) is 7.36. The summed E-state index contributed by atoms with van der Waals surface area (Å²) < 4.78 is 0. The molecule has 0 aliphatic heterocycles.